The lowest BCUT2D eigenvalue weighted by Crippen LogP contribution is -2.52. The van der Waals surface area contributed by atoms with Crippen molar-refractivity contribution in [1.82, 2.24) is 5.32 Å². The molecule has 1 aliphatic rings. The van der Waals surface area contributed by atoms with Crippen molar-refractivity contribution >= 4 is 21.7 Å². The van der Waals surface area contributed by atoms with Gasteiger partial charge in [-0.2, -0.15) is 0 Å². The minimum absolute atomic E-state index is 0.141. The number of amides is 1. The van der Waals surface area contributed by atoms with Crippen LogP contribution in [-0.2, 0) is 24.2 Å². The van der Waals surface area contributed by atoms with Gasteiger partial charge in [-0.1, -0.05) is 13.8 Å². The summed E-state index contributed by atoms with van der Waals surface area (Å²) in [5.74, 6) is -2.23. The fourth-order valence-electron chi connectivity index (χ4n) is 2.46. The molecule has 0 aromatic carbocycles. The van der Waals surface area contributed by atoms with E-state index >= 15 is 0 Å². The topological polar surface area (TPSA) is 110 Å². The average Bonchev–Trinajstić information content (AvgIpc) is 2.65. The van der Waals surface area contributed by atoms with Crippen LogP contribution in [0.2, 0.25) is 0 Å². The van der Waals surface area contributed by atoms with Gasteiger partial charge in [-0.3, -0.25) is 9.59 Å². The fraction of sp³-hybridized carbons (Fsp3) is 0.833. The number of aliphatic carboxylic acids is 1. The molecule has 0 radical (unpaired) electrons. The van der Waals surface area contributed by atoms with Crippen molar-refractivity contribution in [3.63, 3.8) is 0 Å². The van der Waals surface area contributed by atoms with Crippen molar-refractivity contribution in [1.29, 1.82) is 0 Å². The molecule has 116 valence electrons. The number of carbonyl (C=O) groups is 2. The van der Waals surface area contributed by atoms with Gasteiger partial charge in [0.15, 0.2) is 9.84 Å². The molecule has 20 heavy (non-hydrogen) atoms. The zero-order valence-electron chi connectivity index (χ0n) is 11.9. The number of rotatable bonds is 6. The molecule has 1 aliphatic heterocycles. The summed E-state index contributed by atoms with van der Waals surface area (Å²) < 4.78 is 28.2. The number of carboxylic acid groups (broad SMARTS) is 1. The minimum Gasteiger partial charge on any atom is -0.480 e. The van der Waals surface area contributed by atoms with Gasteiger partial charge < -0.3 is 15.2 Å². The van der Waals surface area contributed by atoms with Crippen LogP contribution in [0.25, 0.3) is 0 Å². The van der Waals surface area contributed by atoms with Gasteiger partial charge in [-0.25, -0.2) is 8.42 Å². The average molecular weight is 307 g/mol. The van der Waals surface area contributed by atoms with Crippen LogP contribution in [-0.4, -0.2) is 56.2 Å². The molecule has 1 heterocycles. The quantitative estimate of drug-likeness (QED) is 0.658. The van der Waals surface area contributed by atoms with Gasteiger partial charge in [0.05, 0.1) is 23.7 Å². The molecule has 8 heteroatoms. The zero-order chi connectivity index (χ0) is 15.6. The van der Waals surface area contributed by atoms with E-state index in [9.17, 15) is 23.1 Å². The Morgan fingerprint density at radius 3 is 2.25 bits per heavy atom. The lowest BCUT2D eigenvalue weighted by atomic mass is 9.81. The Kier molecular flexibility index (Phi) is 5.15. The largest absolute Gasteiger partial charge is 0.480 e. The Hall–Kier alpha value is -1.15. The maximum atomic E-state index is 12.3. The molecule has 0 saturated carbocycles. The Balaban J connectivity index is 2.92. The van der Waals surface area contributed by atoms with Crippen LogP contribution in [0.4, 0.5) is 0 Å². The van der Waals surface area contributed by atoms with E-state index in [4.69, 9.17) is 4.74 Å². The monoisotopic (exact) mass is 307 g/mol. The highest BCUT2D eigenvalue weighted by Gasteiger charge is 2.46. The Labute approximate surface area is 118 Å². The third-order valence-corrected chi connectivity index (χ3v) is 5.67. The molecule has 0 bridgehead atoms. The number of carbonyl (C=O) groups excluding carboxylic acids is 1. The summed E-state index contributed by atoms with van der Waals surface area (Å²) >= 11 is 0. The van der Waals surface area contributed by atoms with Gasteiger partial charge in [0.1, 0.15) is 5.41 Å². The Morgan fingerprint density at radius 1 is 1.30 bits per heavy atom. The predicted molar refractivity (Wildman–Crippen MR) is 72.0 cm³/mol. The van der Waals surface area contributed by atoms with Gasteiger partial charge in [0, 0.05) is 7.11 Å². The molecular formula is C12H21NO6S. The summed E-state index contributed by atoms with van der Waals surface area (Å²) in [5, 5.41) is 11.8. The van der Waals surface area contributed by atoms with Gasteiger partial charge in [0.2, 0.25) is 5.91 Å². The van der Waals surface area contributed by atoms with Crippen LogP contribution in [0.15, 0.2) is 0 Å². The Morgan fingerprint density at radius 2 is 1.85 bits per heavy atom. The first-order chi connectivity index (χ1) is 9.22. The predicted octanol–water partition coefficient (Wildman–Crippen LogP) is -0.194. The van der Waals surface area contributed by atoms with E-state index < -0.39 is 39.3 Å². The third kappa shape index (κ3) is 3.12. The van der Waals surface area contributed by atoms with Crippen LogP contribution in [0.5, 0.6) is 0 Å². The first kappa shape index (κ1) is 16.9. The third-order valence-electron chi connectivity index (χ3n) is 3.97. The summed E-state index contributed by atoms with van der Waals surface area (Å²) in [5.41, 5.74) is -1.52. The molecule has 0 aromatic heterocycles. The van der Waals surface area contributed by atoms with Crippen LogP contribution >= 0.6 is 0 Å². The molecule has 2 unspecified atom stereocenters. The number of sulfone groups is 1. The summed E-state index contributed by atoms with van der Waals surface area (Å²) in [7, 11) is -1.90. The Bertz CT molecular complexity index is 482. The second-order valence-corrected chi connectivity index (χ2v) is 7.18. The summed E-state index contributed by atoms with van der Waals surface area (Å²) in [6.07, 6.45) is -0.354. The second-order valence-electron chi connectivity index (χ2n) is 5.03. The summed E-state index contributed by atoms with van der Waals surface area (Å²) in [6.45, 7) is 3.24. The first-order valence-corrected chi connectivity index (χ1v) is 8.32. The molecule has 0 aliphatic carbocycles. The maximum absolute atomic E-state index is 12.3. The summed E-state index contributed by atoms with van der Waals surface area (Å²) in [4.78, 5) is 23.6. The van der Waals surface area contributed by atoms with Crippen LogP contribution < -0.4 is 5.32 Å². The highest BCUT2D eigenvalue weighted by Crippen LogP contribution is 2.28. The first-order valence-electron chi connectivity index (χ1n) is 6.50. The highest BCUT2D eigenvalue weighted by atomic mass is 32.2. The smallest absolute Gasteiger partial charge is 0.319 e. The standard InChI is InChI=1S/C12H21NO6S/c1-4-12(5-2,11(15)16)10(14)13-8-6-20(17,18)7-9(8)19-3/h8-9H,4-7H2,1-3H3,(H,13,14)(H,15,16). The van der Waals surface area contributed by atoms with Crippen molar-refractivity contribution in [3.8, 4) is 0 Å². The number of ether oxygens (including phenoxy) is 1. The molecule has 1 amide bonds. The molecule has 0 spiro atoms. The minimum atomic E-state index is -3.27. The molecule has 1 saturated heterocycles. The van der Waals surface area contributed by atoms with E-state index in [0.29, 0.717) is 0 Å². The summed E-state index contributed by atoms with van der Waals surface area (Å²) in [6, 6.07) is -0.700. The van der Waals surface area contributed by atoms with Crippen LogP contribution in [0.3, 0.4) is 0 Å². The molecular weight excluding hydrogens is 286 g/mol. The number of methoxy groups -OCH3 is 1. The van der Waals surface area contributed by atoms with E-state index in [2.05, 4.69) is 5.32 Å². The molecule has 0 aromatic rings. The zero-order valence-corrected chi connectivity index (χ0v) is 12.7. The molecule has 1 fully saturated rings. The van der Waals surface area contributed by atoms with E-state index in [1.165, 1.54) is 7.11 Å². The SMILES string of the molecule is CCC(CC)(C(=O)O)C(=O)NC1CS(=O)(=O)CC1OC. The van der Waals surface area contributed by atoms with E-state index in [0.717, 1.165) is 0 Å². The van der Waals surface area contributed by atoms with E-state index in [1.807, 2.05) is 0 Å². The van der Waals surface area contributed by atoms with Crippen molar-refractivity contribution < 1.29 is 27.9 Å². The lowest BCUT2D eigenvalue weighted by Gasteiger charge is -2.28. The van der Waals surface area contributed by atoms with Crippen LogP contribution in [0, 0.1) is 5.41 Å². The fourth-order valence-corrected chi connectivity index (χ4v) is 4.31. The van der Waals surface area contributed by atoms with Crippen molar-refractivity contribution in [2.75, 3.05) is 18.6 Å². The number of carboxylic acids is 1. The normalized spacial score (nSPS) is 25.4. The molecule has 1 rings (SSSR count). The second kappa shape index (κ2) is 6.09. The number of hydrogen-bond acceptors (Lipinski definition) is 5. The highest BCUT2D eigenvalue weighted by molar-refractivity contribution is 7.91. The van der Waals surface area contributed by atoms with Gasteiger partial charge in [0.25, 0.3) is 0 Å². The van der Waals surface area contributed by atoms with E-state index in [-0.39, 0.29) is 24.3 Å². The van der Waals surface area contributed by atoms with Gasteiger partial charge in [-0.05, 0) is 12.8 Å². The molecule has 2 N–H and O–H groups in total. The maximum Gasteiger partial charge on any atom is 0.319 e. The molecule has 2 atom stereocenters. The van der Waals surface area contributed by atoms with Crippen LogP contribution in [0.1, 0.15) is 26.7 Å². The van der Waals surface area contributed by atoms with Gasteiger partial charge in [-0.15, -0.1) is 0 Å². The van der Waals surface area contributed by atoms with Crippen molar-refractivity contribution in [3.05, 3.63) is 0 Å². The van der Waals surface area contributed by atoms with Crippen molar-refractivity contribution in [2.24, 2.45) is 5.41 Å². The van der Waals surface area contributed by atoms with E-state index in [1.54, 1.807) is 13.8 Å². The number of nitrogens with one attached hydrogen (secondary N) is 1. The lowest BCUT2D eigenvalue weighted by molar-refractivity contribution is -0.157. The van der Waals surface area contributed by atoms with Gasteiger partial charge >= 0.3 is 5.97 Å². The number of hydrogen-bond donors (Lipinski definition) is 2. The van der Waals surface area contributed by atoms with Crippen molar-refractivity contribution in [2.45, 2.75) is 38.8 Å². The molecule has 7 nitrogen and oxygen atoms in total.